The highest BCUT2D eigenvalue weighted by atomic mass is 35.5. The van der Waals surface area contributed by atoms with Crippen LogP contribution in [-0.2, 0) is 4.79 Å². The monoisotopic (exact) mass is 412 g/mol. The van der Waals surface area contributed by atoms with Gasteiger partial charge in [-0.2, -0.15) is 5.10 Å². The van der Waals surface area contributed by atoms with E-state index in [9.17, 15) is 9.18 Å². The number of rotatable bonds is 5. The Balaban J connectivity index is 1.50. The minimum absolute atomic E-state index is 0.158. The number of carbonyl (C=O) groups excluding carboxylic acids is 1. The van der Waals surface area contributed by atoms with E-state index in [-0.39, 0.29) is 17.5 Å². The minimum atomic E-state index is -0.295. The van der Waals surface area contributed by atoms with E-state index in [1.54, 1.807) is 53.3 Å². The predicted octanol–water partition coefficient (Wildman–Crippen LogP) is 4.92. The number of hydrogen-bond acceptors (Lipinski definition) is 4. The second-order valence-electron chi connectivity index (χ2n) is 5.95. The molecule has 0 aliphatic rings. The smallest absolute Gasteiger partial charge is 0.234 e. The molecule has 4 aromatic rings. The summed E-state index contributed by atoms with van der Waals surface area (Å²) in [5, 5.41) is 8.56. The van der Waals surface area contributed by atoms with E-state index < -0.39 is 0 Å². The van der Waals surface area contributed by atoms with Crippen LogP contribution in [0.3, 0.4) is 0 Å². The van der Waals surface area contributed by atoms with Crippen molar-refractivity contribution in [2.24, 2.45) is 0 Å². The molecule has 0 saturated carbocycles. The fraction of sp³-hybridized carbons (Fsp3) is 0.0500. The summed E-state index contributed by atoms with van der Waals surface area (Å²) in [6.45, 7) is 0. The molecule has 5 nitrogen and oxygen atoms in total. The van der Waals surface area contributed by atoms with Crippen molar-refractivity contribution in [1.82, 2.24) is 14.6 Å². The van der Waals surface area contributed by atoms with E-state index in [1.165, 1.54) is 23.9 Å². The highest BCUT2D eigenvalue weighted by molar-refractivity contribution is 8.00. The van der Waals surface area contributed by atoms with Gasteiger partial charge in [0, 0.05) is 28.7 Å². The Labute approximate surface area is 169 Å². The molecule has 0 atom stereocenters. The van der Waals surface area contributed by atoms with Crippen LogP contribution in [0, 0.1) is 5.82 Å². The summed E-state index contributed by atoms with van der Waals surface area (Å²) in [7, 11) is 0. The number of hydrogen-bond donors (Lipinski definition) is 1. The Bertz CT molecular complexity index is 1150. The van der Waals surface area contributed by atoms with Crippen LogP contribution in [0.2, 0.25) is 5.02 Å². The molecule has 0 radical (unpaired) electrons. The first-order valence-electron chi connectivity index (χ1n) is 8.37. The lowest BCUT2D eigenvalue weighted by molar-refractivity contribution is -0.113. The fourth-order valence-corrected chi connectivity index (χ4v) is 3.63. The lowest BCUT2D eigenvalue weighted by atomic mass is 10.1. The van der Waals surface area contributed by atoms with Gasteiger partial charge in [0.1, 0.15) is 10.8 Å². The average Bonchev–Trinajstić information content (AvgIpc) is 3.12. The molecular weight excluding hydrogens is 399 g/mol. The largest absolute Gasteiger partial charge is 0.325 e. The number of halogens is 2. The van der Waals surface area contributed by atoms with Crippen LogP contribution in [0.4, 0.5) is 10.1 Å². The molecule has 0 unspecified atom stereocenters. The number of amides is 1. The maximum absolute atomic E-state index is 13.1. The number of thioether (sulfide) groups is 1. The Morgan fingerprint density at radius 3 is 2.79 bits per heavy atom. The molecule has 0 aliphatic carbocycles. The molecule has 28 heavy (non-hydrogen) atoms. The van der Waals surface area contributed by atoms with Gasteiger partial charge in [-0.3, -0.25) is 4.79 Å². The van der Waals surface area contributed by atoms with Crippen molar-refractivity contribution in [1.29, 1.82) is 0 Å². The summed E-state index contributed by atoms with van der Waals surface area (Å²) < 4.78 is 14.8. The Morgan fingerprint density at radius 2 is 2.00 bits per heavy atom. The van der Waals surface area contributed by atoms with E-state index in [0.29, 0.717) is 21.4 Å². The molecule has 2 aromatic heterocycles. The van der Waals surface area contributed by atoms with Crippen molar-refractivity contribution in [3.05, 3.63) is 77.8 Å². The molecule has 2 heterocycles. The van der Waals surface area contributed by atoms with Gasteiger partial charge in [0.2, 0.25) is 5.91 Å². The Kier molecular flexibility index (Phi) is 5.27. The van der Waals surface area contributed by atoms with Gasteiger partial charge in [-0.25, -0.2) is 13.9 Å². The van der Waals surface area contributed by atoms with Gasteiger partial charge in [-0.15, -0.1) is 0 Å². The predicted molar refractivity (Wildman–Crippen MR) is 109 cm³/mol. The van der Waals surface area contributed by atoms with Crippen molar-refractivity contribution in [3.63, 3.8) is 0 Å². The zero-order valence-electron chi connectivity index (χ0n) is 14.5. The topological polar surface area (TPSA) is 59.3 Å². The third-order valence-corrected chi connectivity index (χ3v) is 5.17. The van der Waals surface area contributed by atoms with Crippen LogP contribution in [0.25, 0.3) is 16.8 Å². The van der Waals surface area contributed by atoms with Crippen LogP contribution >= 0.6 is 23.4 Å². The molecule has 2 aromatic carbocycles. The van der Waals surface area contributed by atoms with Crippen molar-refractivity contribution in [3.8, 4) is 11.3 Å². The quantitative estimate of drug-likeness (QED) is 0.473. The van der Waals surface area contributed by atoms with Crippen molar-refractivity contribution < 1.29 is 9.18 Å². The first-order chi connectivity index (χ1) is 13.6. The van der Waals surface area contributed by atoms with E-state index in [2.05, 4.69) is 15.4 Å². The standard InChI is InChI=1S/C20H14ClFN4OS/c21-14-2-1-3-16(10-14)24-19(27)12-28-20-18-11-17(25-26(18)9-8-23-20)13-4-6-15(22)7-5-13/h1-11H,12H2,(H,24,27). The maximum atomic E-state index is 13.1. The summed E-state index contributed by atoms with van der Waals surface area (Å²) in [6.07, 6.45) is 3.37. The zero-order chi connectivity index (χ0) is 19.5. The molecule has 0 fully saturated rings. The van der Waals surface area contributed by atoms with Gasteiger partial charge < -0.3 is 5.32 Å². The highest BCUT2D eigenvalue weighted by Crippen LogP contribution is 2.26. The second-order valence-corrected chi connectivity index (χ2v) is 7.35. The number of anilines is 1. The minimum Gasteiger partial charge on any atom is -0.325 e. The summed E-state index contributed by atoms with van der Waals surface area (Å²) in [5.41, 5.74) is 2.94. The van der Waals surface area contributed by atoms with E-state index in [4.69, 9.17) is 11.6 Å². The first-order valence-corrected chi connectivity index (χ1v) is 9.73. The number of nitrogens with zero attached hydrogens (tertiary/aromatic N) is 3. The van der Waals surface area contributed by atoms with Crippen LogP contribution < -0.4 is 5.32 Å². The molecule has 140 valence electrons. The first kappa shape index (κ1) is 18.5. The summed E-state index contributed by atoms with van der Waals surface area (Å²) in [6, 6.07) is 15.0. The molecule has 4 rings (SSSR count). The van der Waals surface area contributed by atoms with Crippen LogP contribution in [-0.4, -0.2) is 26.3 Å². The van der Waals surface area contributed by atoms with Gasteiger partial charge in [0.15, 0.2) is 0 Å². The number of benzene rings is 2. The van der Waals surface area contributed by atoms with Crippen LogP contribution in [0.5, 0.6) is 0 Å². The van der Waals surface area contributed by atoms with Gasteiger partial charge in [-0.1, -0.05) is 29.4 Å². The van der Waals surface area contributed by atoms with Crippen molar-refractivity contribution in [2.45, 2.75) is 5.03 Å². The molecule has 0 aliphatic heterocycles. The summed E-state index contributed by atoms with van der Waals surface area (Å²) in [5.74, 6) is -0.263. The van der Waals surface area contributed by atoms with Gasteiger partial charge in [0.25, 0.3) is 0 Å². The third-order valence-electron chi connectivity index (χ3n) is 3.94. The Morgan fingerprint density at radius 1 is 1.18 bits per heavy atom. The number of aromatic nitrogens is 3. The maximum Gasteiger partial charge on any atom is 0.234 e. The van der Waals surface area contributed by atoms with Crippen molar-refractivity contribution >= 4 is 40.5 Å². The van der Waals surface area contributed by atoms with E-state index in [0.717, 1.165) is 11.1 Å². The Hall–Kier alpha value is -2.90. The van der Waals surface area contributed by atoms with Gasteiger partial charge >= 0.3 is 0 Å². The average molecular weight is 413 g/mol. The molecule has 0 saturated heterocycles. The molecule has 0 bridgehead atoms. The van der Waals surface area contributed by atoms with E-state index in [1.807, 2.05) is 6.07 Å². The number of fused-ring (bicyclic) bond motifs is 1. The lowest BCUT2D eigenvalue weighted by Crippen LogP contribution is -2.14. The molecule has 0 spiro atoms. The highest BCUT2D eigenvalue weighted by Gasteiger charge is 2.12. The lowest BCUT2D eigenvalue weighted by Gasteiger charge is -2.05. The third kappa shape index (κ3) is 4.16. The van der Waals surface area contributed by atoms with Gasteiger partial charge in [-0.05, 0) is 48.5 Å². The molecular formula is C20H14ClFN4OS. The molecule has 8 heteroatoms. The van der Waals surface area contributed by atoms with Gasteiger partial charge in [0.05, 0.1) is 17.0 Å². The number of carbonyl (C=O) groups is 1. The summed E-state index contributed by atoms with van der Waals surface area (Å²) >= 11 is 7.25. The van der Waals surface area contributed by atoms with Crippen LogP contribution in [0.1, 0.15) is 0 Å². The van der Waals surface area contributed by atoms with Crippen molar-refractivity contribution in [2.75, 3.05) is 11.1 Å². The van der Waals surface area contributed by atoms with E-state index >= 15 is 0 Å². The fourth-order valence-electron chi connectivity index (χ4n) is 2.67. The molecule has 1 amide bonds. The molecule has 1 N–H and O–H groups in total. The number of nitrogens with one attached hydrogen (secondary N) is 1. The SMILES string of the molecule is O=C(CSc1nccn2nc(-c3ccc(F)cc3)cc12)Nc1cccc(Cl)c1. The second kappa shape index (κ2) is 8.00. The zero-order valence-corrected chi connectivity index (χ0v) is 16.0. The summed E-state index contributed by atoms with van der Waals surface area (Å²) in [4.78, 5) is 16.6. The normalized spacial score (nSPS) is 10.9. The van der Waals surface area contributed by atoms with Crippen LogP contribution in [0.15, 0.2) is 72.0 Å².